The first-order valence-corrected chi connectivity index (χ1v) is 20.7. The van der Waals surface area contributed by atoms with Gasteiger partial charge in [-0.1, -0.05) is 35.9 Å². The Bertz CT molecular complexity index is 2630. The number of alkyl halides is 2. The molecule has 3 aromatic heterocycles. The summed E-state index contributed by atoms with van der Waals surface area (Å²) in [4.78, 5) is 39.6. The molecule has 18 heteroatoms. The number of nitrogens with zero attached hydrogens (tertiary/aromatic N) is 8. The number of carboxylic acids is 1. The first kappa shape index (κ1) is 42.6. The van der Waals surface area contributed by atoms with Crippen LogP contribution in [-0.4, -0.2) is 97.0 Å². The topological polar surface area (TPSA) is 174 Å². The lowest BCUT2D eigenvalue weighted by Gasteiger charge is -2.39. The highest BCUT2D eigenvalue weighted by molar-refractivity contribution is 6.36. The van der Waals surface area contributed by atoms with Crippen molar-refractivity contribution in [1.29, 1.82) is 0 Å². The highest BCUT2D eigenvalue weighted by atomic mass is 35.5. The van der Waals surface area contributed by atoms with Gasteiger partial charge in [0.15, 0.2) is 11.6 Å². The van der Waals surface area contributed by atoms with Gasteiger partial charge < -0.3 is 19.9 Å². The number of nitrogens with one attached hydrogen (secondary N) is 1. The predicted molar refractivity (Wildman–Crippen MR) is 230 cm³/mol. The summed E-state index contributed by atoms with van der Waals surface area (Å²) in [6, 6.07) is 16.5. The number of hydrogen-bond acceptors (Lipinski definition) is 12. The van der Waals surface area contributed by atoms with Gasteiger partial charge in [0.05, 0.1) is 59.3 Å². The molecule has 6 aromatic rings. The van der Waals surface area contributed by atoms with E-state index in [1.165, 1.54) is 0 Å². The average molecular weight is 870 g/mol. The summed E-state index contributed by atoms with van der Waals surface area (Å²) in [7, 11) is 7.10. The van der Waals surface area contributed by atoms with Crippen molar-refractivity contribution in [3.8, 4) is 28.3 Å². The van der Waals surface area contributed by atoms with Crippen LogP contribution in [0.1, 0.15) is 61.9 Å². The molecular formula is C44H46ClF2N9O6. The molecule has 15 nitrogen and oxygen atoms in total. The lowest BCUT2D eigenvalue weighted by Crippen LogP contribution is -2.44. The average Bonchev–Trinajstić information content (AvgIpc) is 3.68. The number of rotatable bonds is 15. The fourth-order valence-corrected chi connectivity index (χ4v) is 8.98. The summed E-state index contributed by atoms with van der Waals surface area (Å²) in [5.41, 5.74) is 5.45. The summed E-state index contributed by atoms with van der Waals surface area (Å²) in [5.74, 6) is -0.477. The molecule has 0 bridgehead atoms. The number of pyridine rings is 1. The number of methoxy groups -OCH3 is 2. The summed E-state index contributed by atoms with van der Waals surface area (Å²) < 4.78 is 42.0. The molecule has 0 aliphatic heterocycles. The zero-order valence-electron chi connectivity index (χ0n) is 34.6. The quantitative estimate of drug-likeness (QED) is 0.0742. The van der Waals surface area contributed by atoms with Crippen molar-refractivity contribution in [3.63, 3.8) is 0 Å². The predicted octanol–water partition coefficient (Wildman–Crippen LogP) is 8.70. The SMILES string of the molecule is COc1cc(-n2ncc3c(-c4cccc(Nc5nc(C(F)F)nc6cc(CN(C)C7CCC([N+](=O)[O-])CC7)cnc56)c4Cl)cccc32)cc(OC)c1CN(C)C1CC(C(=O)O)C1. The number of aliphatic carboxylic acids is 1. The molecule has 2 aliphatic rings. The van der Waals surface area contributed by atoms with Crippen LogP contribution in [0.3, 0.4) is 0 Å². The Morgan fingerprint density at radius 2 is 1.65 bits per heavy atom. The van der Waals surface area contributed by atoms with Crippen molar-refractivity contribution < 1.29 is 33.1 Å². The van der Waals surface area contributed by atoms with Crippen LogP contribution in [0.4, 0.5) is 20.3 Å². The summed E-state index contributed by atoms with van der Waals surface area (Å²) in [5, 5.41) is 29.6. The molecule has 3 heterocycles. The van der Waals surface area contributed by atoms with E-state index < -0.39 is 24.3 Å². The molecule has 2 aliphatic carbocycles. The van der Waals surface area contributed by atoms with E-state index in [0.717, 1.165) is 27.6 Å². The van der Waals surface area contributed by atoms with E-state index >= 15 is 0 Å². The lowest BCUT2D eigenvalue weighted by molar-refractivity contribution is -0.526. The van der Waals surface area contributed by atoms with Crippen LogP contribution >= 0.6 is 11.6 Å². The van der Waals surface area contributed by atoms with Gasteiger partial charge in [-0.2, -0.15) is 5.10 Å². The maximum atomic E-state index is 14.2. The van der Waals surface area contributed by atoms with Crippen LogP contribution in [0.2, 0.25) is 5.02 Å². The molecule has 324 valence electrons. The standard InChI is InChI=1S/C44H46ClF2N9O6/c1-53(26-11-13-27(14-12-26)56(59)60)22-24-15-35-40(48-20-24)42(52-43(51-35)41(46)47)50-34-9-5-8-31(39(34)45)30-7-6-10-36-32(30)21-49-55(36)29-18-37(61-3)33(38(19-29)62-4)23-54(2)28-16-25(17-28)44(57)58/h5-10,15,18-21,25-28,41H,11-14,16-17,22-23H2,1-4H3,(H,57,58)(H,50,51,52). The van der Waals surface area contributed by atoms with E-state index in [1.807, 2.05) is 56.6 Å². The molecule has 0 saturated heterocycles. The molecule has 0 unspecified atom stereocenters. The van der Waals surface area contributed by atoms with Gasteiger partial charge in [-0.25, -0.2) is 23.4 Å². The zero-order chi connectivity index (χ0) is 43.8. The molecule has 8 rings (SSSR count). The summed E-state index contributed by atoms with van der Waals surface area (Å²) >= 11 is 7.14. The Balaban J connectivity index is 1.06. The summed E-state index contributed by atoms with van der Waals surface area (Å²) in [6.45, 7) is 0.961. The lowest BCUT2D eigenvalue weighted by atomic mass is 9.79. The third kappa shape index (κ3) is 8.43. The normalized spacial score (nSPS) is 19.0. The molecule has 2 fully saturated rings. The molecule has 0 atom stereocenters. The smallest absolute Gasteiger partial charge is 0.306 e. The number of carboxylic acid groups (broad SMARTS) is 1. The van der Waals surface area contributed by atoms with Crippen molar-refractivity contribution in [2.24, 2.45) is 5.92 Å². The van der Waals surface area contributed by atoms with E-state index in [2.05, 4.69) is 30.1 Å². The van der Waals surface area contributed by atoms with Crippen LogP contribution in [0, 0.1) is 16.0 Å². The van der Waals surface area contributed by atoms with Gasteiger partial charge in [0.2, 0.25) is 6.04 Å². The van der Waals surface area contributed by atoms with Gasteiger partial charge in [-0.3, -0.25) is 29.7 Å². The largest absolute Gasteiger partial charge is 0.496 e. The molecule has 0 radical (unpaired) electrons. The zero-order valence-corrected chi connectivity index (χ0v) is 35.4. The number of aromatic nitrogens is 5. The number of carbonyl (C=O) groups is 1. The molecule has 2 saturated carbocycles. The Kier molecular flexibility index (Phi) is 12.2. The van der Waals surface area contributed by atoms with E-state index in [4.69, 9.17) is 26.2 Å². The van der Waals surface area contributed by atoms with Crippen LogP contribution in [-0.2, 0) is 17.9 Å². The van der Waals surface area contributed by atoms with Crippen molar-refractivity contribution >= 4 is 51.0 Å². The fraction of sp³-hybridized carbons (Fsp3) is 0.386. The number of benzene rings is 3. The molecule has 2 N–H and O–H groups in total. The Hall–Kier alpha value is -6.04. The first-order chi connectivity index (χ1) is 29.8. The van der Waals surface area contributed by atoms with E-state index in [-0.39, 0.29) is 39.8 Å². The molecule has 0 amide bonds. The number of halogens is 3. The van der Waals surface area contributed by atoms with Gasteiger partial charge in [-0.05, 0) is 69.1 Å². The fourth-order valence-electron chi connectivity index (χ4n) is 8.71. The van der Waals surface area contributed by atoms with Crippen molar-refractivity contribution in [1.82, 2.24) is 34.5 Å². The first-order valence-electron chi connectivity index (χ1n) is 20.3. The summed E-state index contributed by atoms with van der Waals surface area (Å²) in [6.07, 6.45) is 4.08. The number of anilines is 2. The van der Waals surface area contributed by atoms with Gasteiger partial charge in [0.25, 0.3) is 6.43 Å². The highest BCUT2D eigenvalue weighted by Crippen LogP contribution is 2.41. The minimum Gasteiger partial charge on any atom is -0.496 e. The van der Waals surface area contributed by atoms with E-state index in [0.29, 0.717) is 85.1 Å². The van der Waals surface area contributed by atoms with Crippen LogP contribution in [0.25, 0.3) is 38.8 Å². The monoisotopic (exact) mass is 869 g/mol. The van der Waals surface area contributed by atoms with Crippen molar-refractivity contribution in [2.75, 3.05) is 33.6 Å². The van der Waals surface area contributed by atoms with E-state index in [9.17, 15) is 28.8 Å². The second-order valence-corrected chi connectivity index (χ2v) is 16.5. The maximum Gasteiger partial charge on any atom is 0.306 e. The van der Waals surface area contributed by atoms with Crippen molar-refractivity contribution in [3.05, 3.63) is 99.1 Å². The third-order valence-electron chi connectivity index (χ3n) is 12.3. The minimum atomic E-state index is -2.95. The van der Waals surface area contributed by atoms with Gasteiger partial charge >= 0.3 is 5.97 Å². The van der Waals surface area contributed by atoms with Crippen LogP contribution in [0.5, 0.6) is 11.5 Å². The third-order valence-corrected chi connectivity index (χ3v) is 12.7. The van der Waals surface area contributed by atoms with Crippen molar-refractivity contribution in [2.45, 2.75) is 76.2 Å². The second-order valence-electron chi connectivity index (χ2n) is 16.1. The Labute approximate surface area is 360 Å². The van der Waals surface area contributed by atoms with Gasteiger partial charge in [0, 0.05) is 72.2 Å². The Morgan fingerprint density at radius 3 is 2.31 bits per heavy atom. The Morgan fingerprint density at radius 1 is 0.968 bits per heavy atom. The minimum absolute atomic E-state index is 0.0723. The maximum absolute atomic E-state index is 14.2. The molecular weight excluding hydrogens is 824 g/mol. The second kappa shape index (κ2) is 17.7. The van der Waals surface area contributed by atoms with Crippen LogP contribution in [0.15, 0.2) is 67.0 Å². The highest BCUT2D eigenvalue weighted by Gasteiger charge is 2.37. The number of nitro groups is 1. The number of fused-ring (bicyclic) bond motifs is 2. The number of ether oxygens (including phenoxy) is 2. The molecule has 0 spiro atoms. The van der Waals surface area contributed by atoms with Crippen LogP contribution < -0.4 is 14.8 Å². The van der Waals surface area contributed by atoms with Gasteiger partial charge in [-0.15, -0.1) is 0 Å². The number of hydrogen-bond donors (Lipinski definition) is 2. The molecule has 3 aromatic carbocycles. The molecule has 62 heavy (non-hydrogen) atoms. The van der Waals surface area contributed by atoms with E-state index in [1.54, 1.807) is 43.4 Å². The van der Waals surface area contributed by atoms with Gasteiger partial charge in [0.1, 0.15) is 17.0 Å².